The van der Waals surface area contributed by atoms with Crippen molar-refractivity contribution in [1.82, 2.24) is 10.3 Å². The van der Waals surface area contributed by atoms with E-state index < -0.39 is 0 Å². The lowest BCUT2D eigenvalue weighted by atomic mass is 10.2. The maximum atomic E-state index is 12.2. The summed E-state index contributed by atoms with van der Waals surface area (Å²) in [7, 11) is 1.49. The molecule has 2 aromatic heterocycles. The van der Waals surface area contributed by atoms with Crippen LogP contribution in [0.15, 0.2) is 45.8 Å². The molecule has 3 aromatic rings. The van der Waals surface area contributed by atoms with Gasteiger partial charge >= 0.3 is 0 Å². The van der Waals surface area contributed by atoms with E-state index in [1.54, 1.807) is 36.4 Å². The number of rotatable bonds is 8. The van der Waals surface area contributed by atoms with Crippen molar-refractivity contribution in [3.05, 3.63) is 67.5 Å². The zero-order valence-corrected chi connectivity index (χ0v) is 17.2. The van der Waals surface area contributed by atoms with E-state index in [2.05, 4.69) is 10.3 Å². The highest BCUT2D eigenvalue weighted by Crippen LogP contribution is 2.28. The van der Waals surface area contributed by atoms with Crippen LogP contribution in [0.4, 0.5) is 0 Å². The highest BCUT2D eigenvalue weighted by Gasteiger charge is 2.09. The zero-order chi connectivity index (χ0) is 21.5. The van der Waals surface area contributed by atoms with Crippen LogP contribution in [0.5, 0.6) is 11.5 Å². The molecule has 9 heteroatoms. The molecule has 0 unspecified atom stereocenters. The SMILES string of the molecule is CCNC(=O)COc1ccc(/C=c2\s/c(=C\C(=O)c3ccco3)[nH]c2=O)cc1OC. The molecule has 2 heterocycles. The van der Waals surface area contributed by atoms with E-state index in [1.165, 1.54) is 19.4 Å². The summed E-state index contributed by atoms with van der Waals surface area (Å²) in [5.74, 6) is 0.482. The smallest absolute Gasteiger partial charge is 0.266 e. The van der Waals surface area contributed by atoms with Gasteiger partial charge in [-0.15, -0.1) is 11.3 Å². The van der Waals surface area contributed by atoms with Crippen molar-refractivity contribution in [2.24, 2.45) is 0 Å². The molecule has 0 bridgehead atoms. The molecule has 1 aromatic carbocycles. The van der Waals surface area contributed by atoms with Gasteiger partial charge in [0.05, 0.1) is 22.6 Å². The molecule has 2 N–H and O–H groups in total. The average molecular weight is 428 g/mol. The van der Waals surface area contributed by atoms with Crippen LogP contribution in [0.25, 0.3) is 12.2 Å². The molecule has 0 fully saturated rings. The lowest BCUT2D eigenvalue weighted by Crippen LogP contribution is -2.28. The normalized spacial score (nSPS) is 12.1. The quantitative estimate of drug-likeness (QED) is 0.519. The molecule has 0 aliphatic carbocycles. The van der Waals surface area contributed by atoms with Crippen molar-refractivity contribution in [3.8, 4) is 11.5 Å². The molecule has 0 aliphatic rings. The van der Waals surface area contributed by atoms with Gasteiger partial charge in [-0.25, -0.2) is 0 Å². The number of aromatic amines is 1. The molecule has 0 aliphatic heterocycles. The molecule has 3 rings (SSSR count). The number of likely N-dealkylation sites (N-methyl/N-ethyl adjacent to an activating group) is 1. The van der Waals surface area contributed by atoms with Crippen molar-refractivity contribution in [2.45, 2.75) is 6.92 Å². The van der Waals surface area contributed by atoms with Crippen LogP contribution >= 0.6 is 11.3 Å². The number of furan rings is 1. The number of hydrogen-bond acceptors (Lipinski definition) is 7. The molecular weight excluding hydrogens is 408 g/mol. The Kier molecular flexibility index (Phi) is 6.87. The van der Waals surface area contributed by atoms with Crippen LogP contribution in [0, 0.1) is 0 Å². The van der Waals surface area contributed by atoms with Gasteiger partial charge in [-0.05, 0) is 42.8 Å². The Morgan fingerprint density at radius 3 is 2.80 bits per heavy atom. The lowest BCUT2D eigenvalue weighted by molar-refractivity contribution is -0.123. The maximum absolute atomic E-state index is 12.2. The third-order valence-electron chi connectivity index (χ3n) is 3.92. The van der Waals surface area contributed by atoms with Crippen molar-refractivity contribution in [3.63, 3.8) is 0 Å². The number of amides is 1. The van der Waals surface area contributed by atoms with Gasteiger partial charge in [-0.1, -0.05) is 6.07 Å². The number of hydrogen-bond donors (Lipinski definition) is 2. The summed E-state index contributed by atoms with van der Waals surface area (Å²) in [6, 6.07) is 8.28. The highest BCUT2D eigenvalue weighted by molar-refractivity contribution is 7.07. The molecule has 8 nitrogen and oxygen atoms in total. The zero-order valence-electron chi connectivity index (χ0n) is 16.4. The minimum atomic E-state index is -0.334. The Bertz CT molecular complexity index is 1210. The van der Waals surface area contributed by atoms with Crippen LogP contribution < -0.4 is 29.5 Å². The Morgan fingerprint density at radius 2 is 2.10 bits per heavy atom. The fraction of sp³-hybridized carbons (Fsp3) is 0.190. The van der Waals surface area contributed by atoms with E-state index in [0.717, 1.165) is 11.3 Å². The summed E-state index contributed by atoms with van der Waals surface area (Å²) in [6.45, 7) is 2.22. The second kappa shape index (κ2) is 9.75. The third-order valence-corrected chi connectivity index (χ3v) is 4.89. The Hall–Kier alpha value is -3.59. The summed E-state index contributed by atoms with van der Waals surface area (Å²) < 4.78 is 16.7. The number of Topliss-reactive ketones (excluding diaryl/α,β-unsaturated/α-hetero) is 1. The molecule has 156 valence electrons. The van der Waals surface area contributed by atoms with Gasteiger partial charge < -0.3 is 24.2 Å². The van der Waals surface area contributed by atoms with Crippen LogP contribution in [-0.2, 0) is 4.79 Å². The van der Waals surface area contributed by atoms with Crippen LogP contribution in [0.3, 0.4) is 0 Å². The van der Waals surface area contributed by atoms with E-state index in [1.807, 2.05) is 6.92 Å². The molecule has 0 atom stereocenters. The minimum Gasteiger partial charge on any atom is -0.493 e. The van der Waals surface area contributed by atoms with Gasteiger partial charge in [-0.3, -0.25) is 14.4 Å². The second-order valence-electron chi connectivity index (χ2n) is 6.07. The fourth-order valence-electron chi connectivity index (χ4n) is 2.57. The first-order valence-corrected chi connectivity index (χ1v) is 9.89. The standard InChI is InChI=1S/C21H20N2O6S/c1-3-22-19(25)12-29-16-7-6-13(9-17(16)27-2)10-18-21(26)23-20(30-18)11-14(24)15-5-4-8-28-15/h4-11H,3,12H2,1-2H3,(H,22,25)(H,23,26)/b18-10-,20-11-. The Labute approximate surface area is 175 Å². The number of aromatic nitrogens is 1. The predicted molar refractivity (Wildman–Crippen MR) is 112 cm³/mol. The van der Waals surface area contributed by atoms with Gasteiger partial charge in [0.2, 0.25) is 5.78 Å². The number of ketones is 1. The number of thiazole rings is 1. The first kappa shape index (κ1) is 21.1. The van der Waals surface area contributed by atoms with Crippen molar-refractivity contribution in [1.29, 1.82) is 0 Å². The summed E-state index contributed by atoms with van der Waals surface area (Å²) in [5.41, 5.74) is 0.391. The van der Waals surface area contributed by atoms with Gasteiger partial charge in [0.1, 0.15) is 0 Å². The molecular formula is C21H20N2O6S. The molecule has 0 saturated heterocycles. The van der Waals surface area contributed by atoms with Crippen molar-refractivity contribution < 1.29 is 23.5 Å². The van der Waals surface area contributed by atoms with Crippen LogP contribution in [0.2, 0.25) is 0 Å². The monoisotopic (exact) mass is 428 g/mol. The number of benzene rings is 1. The summed E-state index contributed by atoms with van der Waals surface area (Å²) in [5, 5.41) is 2.65. The predicted octanol–water partition coefficient (Wildman–Crippen LogP) is 1.05. The lowest BCUT2D eigenvalue weighted by Gasteiger charge is -2.11. The Morgan fingerprint density at radius 1 is 1.27 bits per heavy atom. The second-order valence-corrected chi connectivity index (χ2v) is 7.15. The molecule has 0 saturated carbocycles. The van der Waals surface area contributed by atoms with Crippen LogP contribution in [-0.4, -0.2) is 36.9 Å². The summed E-state index contributed by atoms with van der Waals surface area (Å²) in [4.78, 5) is 38.6. The topological polar surface area (TPSA) is 111 Å². The first-order chi connectivity index (χ1) is 14.5. The maximum Gasteiger partial charge on any atom is 0.266 e. The molecule has 0 radical (unpaired) electrons. The Balaban J connectivity index is 1.84. The molecule has 30 heavy (non-hydrogen) atoms. The molecule has 0 spiro atoms. The summed E-state index contributed by atoms with van der Waals surface area (Å²) >= 11 is 1.15. The number of nitrogens with one attached hydrogen (secondary N) is 2. The van der Waals surface area contributed by atoms with Gasteiger partial charge in [0.15, 0.2) is 23.9 Å². The third kappa shape index (κ3) is 5.26. The number of carbonyl (C=O) groups excluding carboxylic acids is 2. The van der Waals surface area contributed by atoms with Gasteiger partial charge in [0.25, 0.3) is 11.5 Å². The number of H-pyrrole nitrogens is 1. The van der Waals surface area contributed by atoms with Crippen LogP contribution in [0.1, 0.15) is 23.0 Å². The van der Waals surface area contributed by atoms with E-state index in [4.69, 9.17) is 13.9 Å². The van der Waals surface area contributed by atoms with Gasteiger partial charge in [0, 0.05) is 12.6 Å². The van der Waals surface area contributed by atoms with E-state index in [9.17, 15) is 14.4 Å². The van der Waals surface area contributed by atoms with Crippen molar-refractivity contribution >= 4 is 35.2 Å². The minimum absolute atomic E-state index is 0.124. The average Bonchev–Trinajstić information content (AvgIpc) is 3.37. The fourth-order valence-corrected chi connectivity index (χ4v) is 3.45. The van der Waals surface area contributed by atoms with Crippen molar-refractivity contribution in [2.75, 3.05) is 20.3 Å². The van der Waals surface area contributed by atoms with Gasteiger partial charge in [-0.2, -0.15) is 0 Å². The van der Waals surface area contributed by atoms with E-state index in [-0.39, 0.29) is 29.6 Å². The molecule has 1 amide bonds. The number of ether oxygens (including phenoxy) is 2. The summed E-state index contributed by atoms with van der Waals surface area (Å²) in [6.07, 6.45) is 4.41. The number of methoxy groups -OCH3 is 1. The first-order valence-electron chi connectivity index (χ1n) is 9.08. The van der Waals surface area contributed by atoms with E-state index in [0.29, 0.717) is 32.8 Å². The number of carbonyl (C=O) groups is 2. The van der Waals surface area contributed by atoms with E-state index >= 15 is 0 Å². The highest BCUT2D eigenvalue weighted by atomic mass is 32.1. The largest absolute Gasteiger partial charge is 0.493 e.